The fourth-order valence-corrected chi connectivity index (χ4v) is 3.43. The minimum atomic E-state index is 0.779. The fraction of sp³-hybridized carbons (Fsp3) is 0.600. The van der Waals surface area contributed by atoms with Crippen LogP contribution in [0.5, 0.6) is 0 Å². The maximum absolute atomic E-state index is 4.09. The molecule has 0 aromatic rings. The molecule has 0 N–H and O–H groups in total. The first kappa shape index (κ1) is 7.48. The molecular formula is C10H14S. The van der Waals surface area contributed by atoms with Crippen molar-refractivity contribution < 1.29 is 0 Å². The molecule has 1 saturated carbocycles. The second-order valence-corrected chi connectivity index (χ2v) is 4.79. The first-order valence-corrected chi connectivity index (χ1v) is 5.16. The van der Waals surface area contributed by atoms with Crippen LogP contribution in [-0.4, -0.2) is 0 Å². The van der Waals surface area contributed by atoms with E-state index in [4.69, 9.17) is 0 Å². The highest BCUT2D eigenvalue weighted by molar-refractivity contribution is 8.07. The highest BCUT2D eigenvalue weighted by Crippen LogP contribution is 2.53. The molecule has 2 aliphatic rings. The summed E-state index contributed by atoms with van der Waals surface area (Å²) in [6.07, 6.45) is 5.51. The van der Waals surface area contributed by atoms with Crippen molar-refractivity contribution in [2.75, 3.05) is 0 Å². The van der Waals surface area contributed by atoms with Crippen molar-refractivity contribution in [2.45, 2.75) is 25.7 Å². The third-order valence-corrected chi connectivity index (χ3v) is 3.99. The van der Waals surface area contributed by atoms with Crippen molar-refractivity contribution in [1.82, 2.24) is 0 Å². The Balaban J connectivity index is 2.19. The summed E-state index contributed by atoms with van der Waals surface area (Å²) in [5.41, 5.74) is 0. The largest absolute Gasteiger partial charge is 0.0996 e. The van der Waals surface area contributed by atoms with Crippen LogP contribution in [0.1, 0.15) is 25.7 Å². The van der Waals surface area contributed by atoms with Crippen molar-refractivity contribution in [2.24, 2.45) is 11.8 Å². The molecule has 0 bridgehead atoms. The molecule has 1 saturated heterocycles. The zero-order chi connectivity index (χ0) is 7.84. The third-order valence-electron chi connectivity index (χ3n) is 2.86. The zero-order valence-corrected chi connectivity index (χ0v) is 7.62. The number of hydrogen-bond acceptors (Lipinski definition) is 1. The average molecular weight is 166 g/mol. The van der Waals surface area contributed by atoms with Crippen LogP contribution in [0.25, 0.3) is 0 Å². The lowest BCUT2D eigenvalue weighted by molar-refractivity contribution is 0.338. The summed E-state index contributed by atoms with van der Waals surface area (Å²) < 4.78 is 0. The normalized spacial score (nSPS) is 37.5. The van der Waals surface area contributed by atoms with Gasteiger partial charge in [0.2, 0.25) is 0 Å². The van der Waals surface area contributed by atoms with Gasteiger partial charge >= 0.3 is 0 Å². The van der Waals surface area contributed by atoms with Crippen molar-refractivity contribution in [3.63, 3.8) is 0 Å². The standard InChI is InChI=1S/C10H14S/c1-7-9-5-3-4-6-10(9)8(2)11-7/h9-10H,1-6H2/t9-,10+. The molecule has 0 nitrogen and oxygen atoms in total. The number of allylic oxidation sites excluding steroid dienone is 2. The topological polar surface area (TPSA) is 0 Å². The number of thioether (sulfide) groups is 1. The Hall–Kier alpha value is -0.170. The van der Waals surface area contributed by atoms with E-state index in [1.165, 1.54) is 35.5 Å². The van der Waals surface area contributed by atoms with E-state index in [1.54, 1.807) is 0 Å². The van der Waals surface area contributed by atoms with E-state index in [0.717, 1.165) is 11.8 Å². The molecule has 60 valence electrons. The van der Waals surface area contributed by atoms with Gasteiger partial charge in [-0.05, 0) is 34.5 Å². The van der Waals surface area contributed by atoms with Crippen LogP contribution in [0.15, 0.2) is 23.0 Å². The molecule has 0 spiro atoms. The molecule has 2 atom stereocenters. The Labute approximate surface area is 72.8 Å². The van der Waals surface area contributed by atoms with Crippen LogP contribution in [0.3, 0.4) is 0 Å². The summed E-state index contributed by atoms with van der Waals surface area (Å²) in [7, 11) is 0. The van der Waals surface area contributed by atoms with Gasteiger partial charge in [0.25, 0.3) is 0 Å². The van der Waals surface area contributed by atoms with E-state index < -0.39 is 0 Å². The molecule has 0 aromatic carbocycles. The second-order valence-electron chi connectivity index (χ2n) is 3.53. The van der Waals surface area contributed by atoms with E-state index in [2.05, 4.69) is 13.2 Å². The van der Waals surface area contributed by atoms with Crippen LogP contribution >= 0.6 is 11.8 Å². The van der Waals surface area contributed by atoms with E-state index in [0.29, 0.717) is 0 Å². The van der Waals surface area contributed by atoms with Gasteiger partial charge in [-0.2, -0.15) is 0 Å². The Bertz CT molecular complexity index is 183. The predicted octanol–water partition coefficient (Wildman–Crippen LogP) is 3.57. The first-order chi connectivity index (χ1) is 5.29. The van der Waals surface area contributed by atoms with Gasteiger partial charge in [0.05, 0.1) is 0 Å². The Kier molecular flexibility index (Phi) is 1.84. The van der Waals surface area contributed by atoms with Crippen LogP contribution < -0.4 is 0 Å². The van der Waals surface area contributed by atoms with Crippen LogP contribution in [-0.2, 0) is 0 Å². The summed E-state index contributed by atoms with van der Waals surface area (Å²) in [6.45, 7) is 8.18. The minimum Gasteiger partial charge on any atom is -0.0996 e. The van der Waals surface area contributed by atoms with Gasteiger partial charge in [-0.3, -0.25) is 0 Å². The van der Waals surface area contributed by atoms with E-state index >= 15 is 0 Å². The maximum atomic E-state index is 4.09. The molecule has 2 rings (SSSR count). The third kappa shape index (κ3) is 1.16. The quantitative estimate of drug-likeness (QED) is 0.530. The lowest BCUT2D eigenvalue weighted by Crippen LogP contribution is -2.14. The molecule has 0 radical (unpaired) electrons. The van der Waals surface area contributed by atoms with Gasteiger partial charge in [-0.25, -0.2) is 0 Å². The van der Waals surface area contributed by atoms with Crippen LogP contribution in [0.2, 0.25) is 0 Å². The zero-order valence-electron chi connectivity index (χ0n) is 6.81. The first-order valence-electron chi connectivity index (χ1n) is 4.34. The van der Waals surface area contributed by atoms with Gasteiger partial charge in [0, 0.05) is 0 Å². The van der Waals surface area contributed by atoms with Crippen LogP contribution in [0, 0.1) is 11.8 Å². The number of rotatable bonds is 0. The van der Waals surface area contributed by atoms with Crippen LogP contribution in [0.4, 0.5) is 0 Å². The number of fused-ring (bicyclic) bond motifs is 1. The monoisotopic (exact) mass is 166 g/mol. The summed E-state index contributed by atoms with van der Waals surface area (Å²) in [6, 6.07) is 0. The molecule has 1 heterocycles. The summed E-state index contributed by atoms with van der Waals surface area (Å²) in [4.78, 5) is 2.75. The molecule has 0 amide bonds. The molecule has 0 aromatic heterocycles. The maximum Gasteiger partial charge on any atom is -0.00306 e. The van der Waals surface area contributed by atoms with Gasteiger partial charge < -0.3 is 0 Å². The lowest BCUT2D eigenvalue weighted by atomic mass is 9.79. The van der Waals surface area contributed by atoms with Gasteiger partial charge in [0.1, 0.15) is 0 Å². The summed E-state index contributed by atoms with van der Waals surface area (Å²) in [5, 5.41) is 0. The molecule has 1 aliphatic heterocycles. The predicted molar refractivity (Wildman–Crippen MR) is 51.3 cm³/mol. The molecule has 11 heavy (non-hydrogen) atoms. The minimum absolute atomic E-state index is 0.779. The van der Waals surface area contributed by atoms with Crippen molar-refractivity contribution >= 4 is 11.8 Å². The molecule has 0 unspecified atom stereocenters. The average Bonchev–Trinajstić information content (AvgIpc) is 2.30. The molecular weight excluding hydrogens is 152 g/mol. The smallest absolute Gasteiger partial charge is 0.00306 e. The Morgan fingerprint density at radius 3 is 1.91 bits per heavy atom. The number of hydrogen-bond donors (Lipinski definition) is 0. The van der Waals surface area contributed by atoms with Gasteiger partial charge in [-0.1, -0.05) is 37.8 Å². The van der Waals surface area contributed by atoms with E-state index in [-0.39, 0.29) is 0 Å². The summed E-state index contributed by atoms with van der Waals surface area (Å²) in [5.74, 6) is 1.56. The van der Waals surface area contributed by atoms with Crippen molar-refractivity contribution in [3.05, 3.63) is 23.0 Å². The highest BCUT2D eigenvalue weighted by atomic mass is 32.2. The second kappa shape index (κ2) is 2.71. The fourth-order valence-electron chi connectivity index (χ4n) is 2.22. The van der Waals surface area contributed by atoms with E-state index in [1.807, 2.05) is 11.8 Å². The summed E-state index contributed by atoms with van der Waals surface area (Å²) >= 11 is 1.84. The Morgan fingerprint density at radius 2 is 1.45 bits per heavy atom. The highest BCUT2D eigenvalue weighted by Gasteiger charge is 2.35. The van der Waals surface area contributed by atoms with Gasteiger partial charge in [0.15, 0.2) is 0 Å². The lowest BCUT2D eigenvalue weighted by Gasteiger charge is -2.24. The molecule has 1 heteroatoms. The molecule has 2 fully saturated rings. The van der Waals surface area contributed by atoms with Crippen molar-refractivity contribution in [1.29, 1.82) is 0 Å². The SMILES string of the molecule is C=C1SC(=C)[C@@H]2CCCC[C@H]12. The van der Waals surface area contributed by atoms with E-state index in [9.17, 15) is 0 Å². The van der Waals surface area contributed by atoms with Gasteiger partial charge in [-0.15, -0.1) is 0 Å². The Morgan fingerprint density at radius 1 is 1.00 bits per heavy atom. The van der Waals surface area contributed by atoms with Crippen molar-refractivity contribution in [3.8, 4) is 0 Å². The molecule has 1 aliphatic carbocycles.